The van der Waals surface area contributed by atoms with Crippen molar-refractivity contribution in [2.45, 2.75) is 46.1 Å². The summed E-state index contributed by atoms with van der Waals surface area (Å²) in [7, 11) is 1.86. The SMILES string of the molecule is CN(CCC1CC1)C(=O)[C@@H](N)C(C)(C)C. The Morgan fingerprint density at radius 3 is 2.40 bits per heavy atom. The minimum atomic E-state index is -0.387. The van der Waals surface area contributed by atoms with Gasteiger partial charge in [-0.3, -0.25) is 4.79 Å². The topological polar surface area (TPSA) is 46.3 Å². The van der Waals surface area contributed by atoms with Crippen LogP contribution >= 0.6 is 0 Å². The molecule has 0 aromatic rings. The lowest BCUT2D eigenvalue weighted by Crippen LogP contribution is -2.49. The molecule has 0 aliphatic heterocycles. The number of carbonyl (C=O) groups excluding carboxylic acids is 1. The molecular formula is C12H24N2O. The van der Waals surface area contributed by atoms with Crippen molar-refractivity contribution in [3.8, 4) is 0 Å². The zero-order chi connectivity index (χ0) is 11.6. The van der Waals surface area contributed by atoms with Crippen LogP contribution in [0.2, 0.25) is 0 Å². The van der Waals surface area contributed by atoms with Crippen LogP contribution in [0.25, 0.3) is 0 Å². The van der Waals surface area contributed by atoms with Crippen LogP contribution < -0.4 is 5.73 Å². The monoisotopic (exact) mass is 212 g/mol. The van der Waals surface area contributed by atoms with E-state index in [-0.39, 0.29) is 17.4 Å². The van der Waals surface area contributed by atoms with Gasteiger partial charge in [-0.25, -0.2) is 0 Å². The zero-order valence-corrected chi connectivity index (χ0v) is 10.4. The Labute approximate surface area is 93.0 Å². The fourth-order valence-corrected chi connectivity index (χ4v) is 1.50. The quantitative estimate of drug-likeness (QED) is 0.769. The molecule has 3 heteroatoms. The van der Waals surface area contributed by atoms with Gasteiger partial charge in [0, 0.05) is 13.6 Å². The van der Waals surface area contributed by atoms with Gasteiger partial charge in [-0.05, 0) is 17.8 Å². The van der Waals surface area contributed by atoms with Crippen molar-refractivity contribution in [2.75, 3.05) is 13.6 Å². The van der Waals surface area contributed by atoms with Crippen LogP contribution in [-0.2, 0) is 4.79 Å². The first kappa shape index (κ1) is 12.5. The van der Waals surface area contributed by atoms with E-state index in [0.29, 0.717) is 0 Å². The summed E-state index contributed by atoms with van der Waals surface area (Å²) < 4.78 is 0. The summed E-state index contributed by atoms with van der Waals surface area (Å²) >= 11 is 0. The van der Waals surface area contributed by atoms with Gasteiger partial charge in [0.15, 0.2) is 0 Å². The number of rotatable bonds is 4. The minimum Gasteiger partial charge on any atom is -0.344 e. The fourth-order valence-electron chi connectivity index (χ4n) is 1.50. The Morgan fingerprint density at radius 1 is 1.47 bits per heavy atom. The molecule has 0 saturated heterocycles. The highest BCUT2D eigenvalue weighted by atomic mass is 16.2. The summed E-state index contributed by atoms with van der Waals surface area (Å²) in [6, 6.07) is -0.387. The van der Waals surface area contributed by atoms with Gasteiger partial charge in [0.25, 0.3) is 0 Å². The average Bonchev–Trinajstić information content (AvgIpc) is 2.93. The molecule has 0 bridgehead atoms. The third-order valence-electron chi connectivity index (χ3n) is 3.14. The maximum Gasteiger partial charge on any atom is 0.239 e. The smallest absolute Gasteiger partial charge is 0.239 e. The van der Waals surface area contributed by atoms with Crippen molar-refractivity contribution in [2.24, 2.45) is 17.1 Å². The maximum absolute atomic E-state index is 11.9. The number of nitrogens with two attached hydrogens (primary N) is 1. The molecule has 1 fully saturated rings. The van der Waals surface area contributed by atoms with E-state index in [1.807, 2.05) is 27.8 Å². The molecule has 0 aromatic heterocycles. The van der Waals surface area contributed by atoms with Gasteiger partial charge in [-0.2, -0.15) is 0 Å². The van der Waals surface area contributed by atoms with E-state index in [9.17, 15) is 4.79 Å². The molecule has 1 saturated carbocycles. The fraction of sp³-hybridized carbons (Fsp3) is 0.917. The summed E-state index contributed by atoms with van der Waals surface area (Å²) in [5, 5.41) is 0. The second-order valence-electron chi connectivity index (χ2n) is 5.84. The lowest BCUT2D eigenvalue weighted by atomic mass is 9.86. The second kappa shape index (κ2) is 4.52. The van der Waals surface area contributed by atoms with Gasteiger partial charge in [-0.1, -0.05) is 33.6 Å². The number of hydrogen-bond donors (Lipinski definition) is 1. The summed E-state index contributed by atoms with van der Waals surface area (Å²) in [6.45, 7) is 6.87. The first-order chi connectivity index (χ1) is 6.82. The van der Waals surface area contributed by atoms with Gasteiger partial charge >= 0.3 is 0 Å². The Balaban J connectivity index is 2.36. The van der Waals surface area contributed by atoms with E-state index >= 15 is 0 Å². The zero-order valence-electron chi connectivity index (χ0n) is 10.4. The third-order valence-corrected chi connectivity index (χ3v) is 3.14. The molecule has 0 heterocycles. The highest BCUT2D eigenvalue weighted by molar-refractivity contribution is 5.82. The van der Waals surface area contributed by atoms with Crippen LogP contribution in [-0.4, -0.2) is 30.4 Å². The van der Waals surface area contributed by atoms with Crippen molar-refractivity contribution in [1.29, 1.82) is 0 Å². The van der Waals surface area contributed by atoms with E-state index in [0.717, 1.165) is 18.9 Å². The predicted octanol–water partition coefficient (Wildman–Crippen LogP) is 1.62. The third kappa shape index (κ3) is 3.82. The Bertz CT molecular complexity index is 228. The van der Waals surface area contributed by atoms with E-state index in [2.05, 4.69) is 0 Å². The van der Waals surface area contributed by atoms with Crippen molar-refractivity contribution in [3.05, 3.63) is 0 Å². The number of likely N-dealkylation sites (N-methyl/N-ethyl adjacent to an activating group) is 1. The number of hydrogen-bond acceptors (Lipinski definition) is 2. The Hall–Kier alpha value is -0.570. The number of carbonyl (C=O) groups is 1. The molecule has 0 spiro atoms. The lowest BCUT2D eigenvalue weighted by Gasteiger charge is -2.30. The molecule has 0 unspecified atom stereocenters. The standard InChI is InChI=1S/C12H24N2O/c1-12(2,3)10(13)11(15)14(4)8-7-9-5-6-9/h9-10H,5-8,13H2,1-4H3/t10-/m1/s1. The second-order valence-corrected chi connectivity index (χ2v) is 5.84. The van der Waals surface area contributed by atoms with Crippen LogP contribution in [0.3, 0.4) is 0 Å². The molecule has 15 heavy (non-hydrogen) atoms. The molecule has 1 rings (SSSR count). The predicted molar refractivity (Wildman–Crippen MR) is 62.4 cm³/mol. The van der Waals surface area contributed by atoms with Crippen molar-refractivity contribution in [3.63, 3.8) is 0 Å². The largest absolute Gasteiger partial charge is 0.344 e. The molecule has 1 aliphatic carbocycles. The first-order valence-corrected chi connectivity index (χ1v) is 5.83. The van der Waals surface area contributed by atoms with Crippen LogP contribution in [0.1, 0.15) is 40.0 Å². The average molecular weight is 212 g/mol. The normalized spacial score (nSPS) is 18.7. The number of nitrogens with zero attached hydrogens (tertiary/aromatic N) is 1. The van der Waals surface area contributed by atoms with E-state index in [1.165, 1.54) is 12.8 Å². The molecule has 1 amide bonds. The van der Waals surface area contributed by atoms with E-state index in [4.69, 9.17) is 5.73 Å². The van der Waals surface area contributed by atoms with Crippen molar-refractivity contribution < 1.29 is 4.79 Å². The van der Waals surface area contributed by atoms with Gasteiger partial charge in [-0.15, -0.1) is 0 Å². The summed E-state index contributed by atoms with van der Waals surface area (Å²) in [6.07, 6.45) is 3.82. The van der Waals surface area contributed by atoms with Crippen LogP contribution in [0.4, 0.5) is 0 Å². The maximum atomic E-state index is 11.9. The molecule has 0 aromatic carbocycles. The van der Waals surface area contributed by atoms with Crippen molar-refractivity contribution in [1.82, 2.24) is 4.90 Å². The molecule has 2 N–H and O–H groups in total. The lowest BCUT2D eigenvalue weighted by molar-refractivity contribution is -0.133. The molecule has 1 aliphatic rings. The van der Waals surface area contributed by atoms with Gasteiger partial charge in [0.05, 0.1) is 6.04 Å². The van der Waals surface area contributed by atoms with Gasteiger partial charge in [0.2, 0.25) is 5.91 Å². The van der Waals surface area contributed by atoms with E-state index in [1.54, 1.807) is 4.90 Å². The minimum absolute atomic E-state index is 0.0724. The van der Waals surface area contributed by atoms with Gasteiger partial charge in [0.1, 0.15) is 0 Å². The molecular weight excluding hydrogens is 188 g/mol. The Morgan fingerprint density at radius 2 is 2.00 bits per heavy atom. The van der Waals surface area contributed by atoms with E-state index < -0.39 is 0 Å². The van der Waals surface area contributed by atoms with Crippen LogP contribution in [0.5, 0.6) is 0 Å². The highest BCUT2D eigenvalue weighted by Crippen LogP contribution is 2.32. The number of amides is 1. The van der Waals surface area contributed by atoms with Crippen molar-refractivity contribution >= 4 is 5.91 Å². The summed E-state index contributed by atoms with van der Waals surface area (Å²) in [5.41, 5.74) is 5.78. The molecule has 0 radical (unpaired) electrons. The molecule has 3 nitrogen and oxygen atoms in total. The van der Waals surface area contributed by atoms with Crippen LogP contribution in [0, 0.1) is 11.3 Å². The highest BCUT2D eigenvalue weighted by Gasteiger charge is 2.30. The first-order valence-electron chi connectivity index (χ1n) is 5.83. The van der Waals surface area contributed by atoms with Crippen LogP contribution in [0.15, 0.2) is 0 Å². The summed E-state index contributed by atoms with van der Waals surface area (Å²) in [5.74, 6) is 0.939. The van der Waals surface area contributed by atoms with Gasteiger partial charge < -0.3 is 10.6 Å². The summed E-state index contributed by atoms with van der Waals surface area (Å²) in [4.78, 5) is 13.7. The Kier molecular flexibility index (Phi) is 3.77. The molecule has 88 valence electrons. The molecule has 1 atom stereocenters.